The molecule has 0 unspecified atom stereocenters. The quantitative estimate of drug-likeness (QED) is 0.790. The molecule has 1 aliphatic heterocycles. The zero-order chi connectivity index (χ0) is 17.6. The molecule has 0 aliphatic carbocycles. The van der Waals surface area contributed by atoms with E-state index in [1.807, 2.05) is 0 Å². The van der Waals surface area contributed by atoms with Crippen molar-refractivity contribution in [3.63, 3.8) is 0 Å². The van der Waals surface area contributed by atoms with E-state index in [1.165, 1.54) is 0 Å². The van der Waals surface area contributed by atoms with Gasteiger partial charge in [-0.2, -0.15) is 17.5 Å². The second-order valence-corrected chi connectivity index (χ2v) is 8.69. The minimum absolute atomic E-state index is 0.0811. The van der Waals surface area contributed by atoms with Crippen LogP contribution in [0.1, 0.15) is 6.42 Å². The van der Waals surface area contributed by atoms with Crippen molar-refractivity contribution >= 4 is 19.9 Å². The predicted molar refractivity (Wildman–Crippen MR) is 69.0 cm³/mol. The molecule has 12 heteroatoms. The maximum Gasteiger partial charge on any atom is 0.502 e. The molecule has 0 bridgehead atoms. The Balaban J connectivity index is 2.54. The summed E-state index contributed by atoms with van der Waals surface area (Å²) >= 11 is 0. The average molecular weight is 377 g/mol. The van der Waals surface area contributed by atoms with Crippen molar-refractivity contribution in [2.45, 2.75) is 27.8 Å². The molecule has 1 aliphatic rings. The molecule has 1 aromatic carbocycles. The van der Waals surface area contributed by atoms with Gasteiger partial charge in [-0.15, -0.1) is 0 Å². The standard InChI is InChI=1S/C11H11F4NO5S2/c12-9-2-1-8(5-10(9)22(18,19)11(13,14)15)23(20,21)16-4-3-7(17)6-16/h1-2,5,7,17H,3-4,6H2/t7-/m0/s1. The van der Waals surface area contributed by atoms with E-state index in [1.54, 1.807) is 0 Å². The minimum Gasteiger partial charge on any atom is -0.392 e. The van der Waals surface area contributed by atoms with Crippen molar-refractivity contribution in [2.24, 2.45) is 0 Å². The SMILES string of the molecule is O=S(=O)(c1ccc(F)c(S(=O)(=O)C(F)(F)F)c1)N1CC[C@H](O)C1. The maximum absolute atomic E-state index is 13.5. The first-order valence-corrected chi connectivity index (χ1v) is 9.09. The molecule has 1 aromatic rings. The zero-order valence-corrected chi connectivity index (χ0v) is 12.9. The average Bonchev–Trinajstić information content (AvgIpc) is 2.85. The third-order valence-corrected chi connectivity index (χ3v) is 6.62. The largest absolute Gasteiger partial charge is 0.502 e. The second-order valence-electron chi connectivity index (χ2n) is 4.85. The highest BCUT2D eigenvalue weighted by Crippen LogP contribution is 2.33. The van der Waals surface area contributed by atoms with Gasteiger partial charge < -0.3 is 5.11 Å². The highest BCUT2D eigenvalue weighted by molar-refractivity contribution is 7.92. The number of halogens is 4. The molecule has 1 fully saturated rings. The molecule has 1 saturated heterocycles. The van der Waals surface area contributed by atoms with Gasteiger partial charge in [0.05, 0.1) is 11.0 Å². The van der Waals surface area contributed by atoms with Crippen molar-refractivity contribution in [1.29, 1.82) is 0 Å². The third-order valence-electron chi connectivity index (χ3n) is 3.26. The number of sulfonamides is 1. The van der Waals surface area contributed by atoms with Gasteiger partial charge in [-0.25, -0.2) is 21.2 Å². The van der Waals surface area contributed by atoms with E-state index in [4.69, 9.17) is 0 Å². The first-order valence-electron chi connectivity index (χ1n) is 6.16. The molecule has 23 heavy (non-hydrogen) atoms. The number of aliphatic hydroxyl groups is 1. The summed E-state index contributed by atoms with van der Waals surface area (Å²) in [5, 5.41) is 9.33. The molecule has 2 rings (SSSR count). The van der Waals surface area contributed by atoms with Gasteiger partial charge in [-0.3, -0.25) is 0 Å². The van der Waals surface area contributed by atoms with Crippen LogP contribution < -0.4 is 0 Å². The van der Waals surface area contributed by atoms with Crippen molar-refractivity contribution in [3.05, 3.63) is 24.0 Å². The lowest BCUT2D eigenvalue weighted by Crippen LogP contribution is -2.30. The van der Waals surface area contributed by atoms with Crippen LogP contribution in [0.5, 0.6) is 0 Å². The van der Waals surface area contributed by atoms with Crippen LogP contribution in [-0.2, 0) is 19.9 Å². The summed E-state index contributed by atoms with van der Waals surface area (Å²) in [6.07, 6.45) is -0.794. The number of aliphatic hydroxyl groups excluding tert-OH is 1. The molecule has 0 aromatic heterocycles. The minimum atomic E-state index is -6.03. The van der Waals surface area contributed by atoms with Gasteiger partial charge >= 0.3 is 5.51 Å². The van der Waals surface area contributed by atoms with E-state index in [-0.39, 0.29) is 25.6 Å². The van der Waals surface area contributed by atoms with Crippen molar-refractivity contribution in [1.82, 2.24) is 4.31 Å². The summed E-state index contributed by atoms with van der Waals surface area (Å²) in [4.78, 5) is -2.55. The van der Waals surface area contributed by atoms with Gasteiger partial charge in [-0.1, -0.05) is 0 Å². The Kier molecular flexibility index (Phi) is 4.47. The van der Waals surface area contributed by atoms with Crippen molar-refractivity contribution in [3.8, 4) is 0 Å². The molecule has 0 spiro atoms. The fraction of sp³-hybridized carbons (Fsp3) is 0.455. The monoisotopic (exact) mass is 377 g/mol. The number of alkyl halides is 3. The molecular weight excluding hydrogens is 366 g/mol. The van der Waals surface area contributed by atoms with Crippen LogP contribution in [0.2, 0.25) is 0 Å². The number of benzene rings is 1. The Bertz CT molecular complexity index is 819. The summed E-state index contributed by atoms with van der Waals surface area (Å²) in [5.74, 6) is -1.71. The molecule has 1 atom stereocenters. The van der Waals surface area contributed by atoms with Crippen LogP contribution in [0.25, 0.3) is 0 Å². The highest BCUT2D eigenvalue weighted by Gasteiger charge is 2.48. The zero-order valence-electron chi connectivity index (χ0n) is 11.3. The van der Waals surface area contributed by atoms with Crippen LogP contribution in [0, 0.1) is 5.82 Å². The van der Waals surface area contributed by atoms with E-state index in [0.29, 0.717) is 12.1 Å². The molecular formula is C11H11F4NO5S2. The van der Waals surface area contributed by atoms with Crippen LogP contribution in [0.15, 0.2) is 28.0 Å². The van der Waals surface area contributed by atoms with Crippen LogP contribution >= 0.6 is 0 Å². The van der Waals surface area contributed by atoms with Crippen LogP contribution in [0.4, 0.5) is 17.6 Å². The molecule has 0 radical (unpaired) electrons. The van der Waals surface area contributed by atoms with Gasteiger partial charge in [-0.05, 0) is 24.6 Å². The summed E-state index contributed by atoms with van der Waals surface area (Å²) in [6.45, 7) is -0.358. The first kappa shape index (κ1) is 18.1. The molecule has 6 nitrogen and oxygen atoms in total. The van der Waals surface area contributed by atoms with Gasteiger partial charge in [0.15, 0.2) is 0 Å². The lowest BCUT2D eigenvalue weighted by molar-refractivity contribution is -0.0437. The van der Waals surface area contributed by atoms with Gasteiger partial charge in [0.2, 0.25) is 10.0 Å². The molecule has 0 amide bonds. The molecule has 1 N–H and O–H groups in total. The van der Waals surface area contributed by atoms with Crippen LogP contribution in [0.3, 0.4) is 0 Å². The summed E-state index contributed by atoms with van der Waals surface area (Å²) < 4.78 is 99.0. The van der Waals surface area contributed by atoms with Crippen molar-refractivity contribution in [2.75, 3.05) is 13.1 Å². The number of β-amino-alcohol motifs (C(OH)–C–C–N with tert-alkyl or cyclic N) is 1. The smallest absolute Gasteiger partial charge is 0.392 e. The Morgan fingerprint density at radius 3 is 2.26 bits per heavy atom. The Morgan fingerprint density at radius 1 is 1.17 bits per heavy atom. The number of rotatable bonds is 3. The Labute approximate surface area is 129 Å². The van der Waals surface area contributed by atoms with E-state index < -0.39 is 47.1 Å². The van der Waals surface area contributed by atoms with Crippen molar-refractivity contribution < 1.29 is 39.5 Å². The van der Waals surface area contributed by atoms with Gasteiger partial charge in [0.1, 0.15) is 10.7 Å². The lowest BCUT2D eigenvalue weighted by atomic mass is 10.3. The summed E-state index contributed by atoms with van der Waals surface area (Å²) in [5.41, 5.74) is -5.76. The molecule has 1 heterocycles. The first-order chi connectivity index (χ1) is 10.4. The maximum atomic E-state index is 13.5. The van der Waals surface area contributed by atoms with E-state index in [9.17, 15) is 39.5 Å². The predicted octanol–water partition coefficient (Wildman–Crippen LogP) is 0.875. The topological polar surface area (TPSA) is 91.8 Å². The fourth-order valence-corrected chi connectivity index (χ4v) is 4.50. The third kappa shape index (κ3) is 3.20. The Morgan fingerprint density at radius 2 is 1.78 bits per heavy atom. The van der Waals surface area contributed by atoms with E-state index in [0.717, 1.165) is 4.31 Å². The number of sulfone groups is 1. The van der Waals surface area contributed by atoms with Gasteiger partial charge in [0, 0.05) is 13.1 Å². The number of hydrogen-bond donors (Lipinski definition) is 1. The van der Waals surface area contributed by atoms with Crippen LogP contribution in [-0.4, -0.2) is 50.9 Å². The second kappa shape index (κ2) is 5.69. The van der Waals surface area contributed by atoms with Gasteiger partial charge in [0.25, 0.3) is 9.84 Å². The Hall–Kier alpha value is -1.24. The van der Waals surface area contributed by atoms with E-state index in [2.05, 4.69) is 0 Å². The number of hydrogen-bond acceptors (Lipinski definition) is 5. The fourth-order valence-electron chi connectivity index (χ4n) is 2.05. The summed E-state index contributed by atoms with van der Waals surface area (Å²) in [6, 6.07) is 1.15. The molecule has 0 saturated carbocycles. The normalized spacial score (nSPS) is 20.8. The van der Waals surface area contributed by atoms with E-state index >= 15 is 0 Å². The lowest BCUT2D eigenvalue weighted by Gasteiger charge is -2.17. The highest BCUT2D eigenvalue weighted by atomic mass is 32.2. The summed E-state index contributed by atoms with van der Waals surface area (Å²) in [7, 11) is -10.4. The number of nitrogens with zero attached hydrogens (tertiary/aromatic N) is 1. The molecule has 130 valence electrons.